The largest absolute Gasteiger partial charge is 0.494 e. The third-order valence-electron chi connectivity index (χ3n) is 4.05. The Hall–Kier alpha value is -2.04. The second-order valence-corrected chi connectivity index (χ2v) is 6.24. The first kappa shape index (κ1) is 17.3. The third-order valence-corrected chi connectivity index (χ3v) is 4.05. The van der Waals surface area contributed by atoms with Crippen molar-refractivity contribution >= 4 is 11.9 Å². The zero-order valence-electron chi connectivity index (χ0n) is 14.1. The molecule has 5 heteroatoms. The molecule has 1 aromatic rings. The lowest BCUT2D eigenvalue weighted by Crippen LogP contribution is -2.41. The molecule has 0 aromatic heterocycles. The van der Waals surface area contributed by atoms with E-state index in [0.717, 1.165) is 18.6 Å². The van der Waals surface area contributed by atoms with Gasteiger partial charge < -0.3 is 14.4 Å². The maximum atomic E-state index is 12.6. The van der Waals surface area contributed by atoms with Gasteiger partial charge in [-0.2, -0.15) is 0 Å². The van der Waals surface area contributed by atoms with Crippen LogP contribution in [0, 0.1) is 5.92 Å². The van der Waals surface area contributed by atoms with Gasteiger partial charge in [0.1, 0.15) is 11.8 Å². The molecule has 23 heavy (non-hydrogen) atoms. The fourth-order valence-electron chi connectivity index (χ4n) is 2.66. The number of hydrogen-bond donors (Lipinski definition) is 0. The van der Waals surface area contributed by atoms with E-state index < -0.39 is 6.04 Å². The van der Waals surface area contributed by atoms with E-state index in [-0.39, 0.29) is 11.9 Å². The molecule has 1 fully saturated rings. The highest BCUT2D eigenvalue weighted by molar-refractivity contribution is 5.97. The van der Waals surface area contributed by atoms with Gasteiger partial charge in [0.2, 0.25) is 0 Å². The van der Waals surface area contributed by atoms with E-state index in [4.69, 9.17) is 9.47 Å². The van der Waals surface area contributed by atoms with Crippen LogP contribution in [-0.4, -0.2) is 43.1 Å². The molecular weight excluding hydrogens is 294 g/mol. The van der Waals surface area contributed by atoms with Crippen LogP contribution in [0.2, 0.25) is 0 Å². The Morgan fingerprint density at radius 1 is 1.26 bits per heavy atom. The van der Waals surface area contributed by atoms with Crippen LogP contribution < -0.4 is 4.74 Å². The van der Waals surface area contributed by atoms with Crippen LogP contribution in [0.25, 0.3) is 0 Å². The highest BCUT2D eigenvalue weighted by Crippen LogP contribution is 2.22. The lowest BCUT2D eigenvalue weighted by atomic mass is 10.1. The molecule has 0 saturated carbocycles. The van der Waals surface area contributed by atoms with Gasteiger partial charge in [0.05, 0.1) is 13.7 Å². The Morgan fingerprint density at radius 3 is 2.57 bits per heavy atom. The van der Waals surface area contributed by atoms with Gasteiger partial charge in [-0.1, -0.05) is 13.8 Å². The van der Waals surface area contributed by atoms with Gasteiger partial charge in [-0.05, 0) is 49.4 Å². The Kier molecular flexibility index (Phi) is 6.02. The summed E-state index contributed by atoms with van der Waals surface area (Å²) in [6.45, 7) is 5.56. The summed E-state index contributed by atoms with van der Waals surface area (Å²) in [5.41, 5.74) is 0.567. The minimum absolute atomic E-state index is 0.133. The van der Waals surface area contributed by atoms with E-state index in [0.29, 0.717) is 31.1 Å². The summed E-state index contributed by atoms with van der Waals surface area (Å²) in [7, 11) is 1.35. The first-order chi connectivity index (χ1) is 11.0. The molecule has 0 N–H and O–H groups in total. The van der Waals surface area contributed by atoms with Gasteiger partial charge in [-0.15, -0.1) is 0 Å². The number of esters is 1. The summed E-state index contributed by atoms with van der Waals surface area (Å²) < 4.78 is 10.4. The van der Waals surface area contributed by atoms with E-state index in [1.165, 1.54) is 7.11 Å². The van der Waals surface area contributed by atoms with Gasteiger partial charge >= 0.3 is 5.97 Å². The first-order valence-electron chi connectivity index (χ1n) is 8.14. The summed E-state index contributed by atoms with van der Waals surface area (Å²) >= 11 is 0. The number of rotatable bonds is 6. The van der Waals surface area contributed by atoms with Gasteiger partial charge in [-0.3, -0.25) is 4.79 Å². The number of ether oxygens (including phenoxy) is 2. The van der Waals surface area contributed by atoms with E-state index in [1.54, 1.807) is 29.2 Å². The standard InChI is InChI=1S/C18H25NO4/c1-13(2)10-12-23-15-8-6-14(7-9-15)17(20)19-11-4-5-16(19)18(21)22-3/h6-9,13,16H,4-5,10-12H2,1-3H3/t16-/m1/s1. The number of nitrogens with zero attached hydrogens (tertiary/aromatic N) is 1. The van der Waals surface area contributed by atoms with Crippen molar-refractivity contribution in [1.82, 2.24) is 4.90 Å². The summed E-state index contributed by atoms with van der Waals surface area (Å²) in [5, 5.41) is 0. The Bertz CT molecular complexity index is 538. The number of hydrogen-bond acceptors (Lipinski definition) is 4. The highest BCUT2D eigenvalue weighted by atomic mass is 16.5. The first-order valence-corrected chi connectivity index (χ1v) is 8.14. The average Bonchev–Trinajstić information content (AvgIpc) is 3.03. The molecule has 1 aliphatic heterocycles. The van der Waals surface area contributed by atoms with Gasteiger partial charge in [0, 0.05) is 12.1 Å². The summed E-state index contributed by atoms with van der Waals surface area (Å²) in [6, 6.07) is 6.64. The van der Waals surface area contributed by atoms with E-state index in [1.807, 2.05) is 0 Å². The van der Waals surface area contributed by atoms with Crippen molar-refractivity contribution < 1.29 is 19.1 Å². The van der Waals surface area contributed by atoms with Crippen LogP contribution >= 0.6 is 0 Å². The van der Waals surface area contributed by atoms with Gasteiger partial charge in [0.25, 0.3) is 5.91 Å². The molecule has 1 saturated heterocycles. The SMILES string of the molecule is COC(=O)[C@H]1CCCN1C(=O)c1ccc(OCCC(C)C)cc1. The number of likely N-dealkylation sites (tertiary alicyclic amines) is 1. The van der Waals surface area contributed by atoms with Gasteiger partial charge in [0.15, 0.2) is 0 Å². The number of methoxy groups -OCH3 is 1. The highest BCUT2D eigenvalue weighted by Gasteiger charge is 2.35. The van der Waals surface area contributed by atoms with Gasteiger partial charge in [-0.25, -0.2) is 4.79 Å². The van der Waals surface area contributed by atoms with Crippen molar-refractivity contribution in [2.45, 2.75) is 39.2 Å². The zero-order valence-corrected chi connectivity index (χ0v) is 14.1. The maximum absolute atomic E-state index is 12.6. The van der Waals surface area contributed by atoms with Crippen molar-refractivity contribution in [1.29, 1.82) is 0 Å². The van der Waals surface area contributed by atoms with Crippen LogP contribution in [0.4, 0.5) is 0 Å². The van der Waals surface area contributed by atoms with Crippen molar-refractivity contribution in [3.63, 3.8) is 0 Å². The Morgan fingerprint density at radius 2 is 1.96 bits per heavy atom. The molecule has 1 amide bonds. The molecule has 0 spiro atoms. The molecule has 0 radical (unpaired) electrons. The number of amides is 1. The lowest BCUT2D eigenvalue weighted by Gasteiger charge is -2.22. The van der Waals surface area contributed by atoms with Crippen LogP contribution in [-0.2, 0) is 9.53 Å². The predicted octanol–water partition coefficient (Wildman–Crippen LogP) is 2.89. The number of carbonyl (C=O) groups excluding carboxylic acids is 2. The molecule has 1 aliphatic rings. The summed E-state index contributed by atoms with van der Waals surface area (Å²) in [5.74, 6) is 0.880. The molecule has 1 heterocycles. The van der Waals surface area contributed by atoms with Crippen LogP contribution in [0.5, 0.6) is 5.75 Å². The van der Waals surface area contributed by atoms with Crippen molar-refractivity contribution in [3.05, 3.63) is 29.8 Å². The molecule has 5 nitrogen and oxygen atoms in total. The van der Waals surface area contributed by atoms with Crippen molar-refractivity contribution in [3.8, 4) is 5.75 Å². The number of benzene rings is 1. The van der Waals surface area contributed by atoms with E-state index >= 15 is 0 Å². The van der Waals surface area contributed by atoms with Crippen molar-refractivity contribution in [2.24, 2.45) is 5.92 Å². The zero-order chi connectivity index (χ0) is 16.8. The molecule has 126 valence electrons. The minimum Gasteiger partial charge on any atom is -0.494 e. The normalized spacial score (nSPS) is 17.4. The van der Waals surface area contributed by atoms with E-state index in [2.05, 4.69) is 13.8 Å². The monoisotopic (exact) mass is 319 g/mol. The predicted molar refractivity (Wildman–Crippen MR) is 87.5 cm³/mol. The lowest BCUT2D eigenvalue weighted by molar-refractivity contribution is -0.145. The quantitative estimate of drug-likeness (QED) is 0.757. The fraction of sp³-hybridized carbons (Fsp3) is 0.556. The second kappa shape index (κ2) is 7.99. The number of carbonyl (C=O) groups is 2. The molecule has 2 rings (SSSR count). The average molecular weight is 319 g/mol. The maximum Gasteiger partial charge on any atom is 0.328 e. The molecular formula is C18H25NO4. The topological polar surface area (TPSA) is 55.8 Å². The molecule has 0 bridgehead atoms. The van der Waals surface area contributed by atoms with Crippen LogP contribution in [0.1, 0.15) is 43.5 Å². The Balaban J connectivity index is 1.98. The summed E-state index contributed by atoms with van der Waals surface area (Å²) in [4.78, 5) is 25.9. The Labute approximate surface area is 137 Å². The molecule has 1 atom stereocenters. The van der Waals surface area contributed by atoms with Crippen LogP contribution in [0.3, 0.4) is 0 Å². The minimum atomic E-state index is -0.463. The van der Waals surface area contributed by atoms with Crippen LogP contribution in [0.15, 0.2) is 24.3 Å². The smallest absolute Gasteiger partial charge is 0.328 e. The molecule has 0 unspecified atom stereocenters. The fourth-order valence-corrected chi connectivity index (χ4v) is 2.66. The van der Waals surface area contributed by atoms with E-state index in [9.17, 15) is 9.59 Å². The molecule has 0 aliphatic carbocycles. The van der Waals surface area contributed by atoms with Crippen molar-refractivity contribution in [2.75, 3.05) is 20.3 Å². The summed E-state index contributed by atoms with van der Waals surface area (Å²) in [6.07, 6.45) is 2.48. The molecule has 1 aromatic carbocycles. The second-order valence-electron chi connectivity index (χ2n) is 6.24. The third kappa shape index (κ3) is 4.47.